The molecule has 0 aromatic carbocycles. The van der Waals surface area contributed by atoms with E-state index < -0.39 is 63.7 Å². The maximum absolute atomic E-state index is 12.5. The molecule has 0 rings (SSSR count). The molecule has 0 aliphatic rings. The van der Waals surface area contributed by atoms with Crippen LogP contribution in [0.15, 0.2) is 0 Å². The molecule has 0 radical (unpaired) electrons. The van der Waals surface area contributed by atoms with Gasteiger partial charge < -0.3 is 28.6 Å². The highest BCUT2D eigenvalue weighted by atomic mass is 27.2. The predicted octanol–water partition coefficient (Wildman–Crippen LogP) is 1.05. The first-order valence-electron chi connectivity index (χ1n) is 9.06. The minimum absolute atomic E-state index is 0.0575. The van der Waals surface area contributed by atoms with Gasteiger partial charge in [-0.2, -0.15) is 0 Å². The van der Waals surface area contributed by atoms with Gasteiger partial charge in [0, 0.05) is 0 Å². The van der Waals surface area contributed by atoms with E-state index in [-0.39, 0.29) is 19.8 Å². The van der Waals surface area contributed by atoms with Gasteiger partial charge in [-0.1, -0.05) is 0 Å². The van der Waals surface area contributed by atoms with E-state index in [1.165, 1.54) is 20.8 Å². The lowest BCUT2D eigenvalue weighted by Crippen LogP contribution is -2.49. The van der Waals surface area contributed by atoms with E-state index in [9.17, 15) is 28.8 Å². The molecule has 0 aliphatic carbocycles. The number of hydrogen-bond donors (Lipinski definition) is 0. The second-order valence-electron chi connectivity index (χ2n) is 6.10. The number of carbonyl (C=O) groups excluding carboxylic acids is 6. The number of ketones is 3. The first kappa shape index (κ1) is 26.0. The molecule has 0 amide bonds. The first-order valence-corrected chi connectivity index (χ1v) is 11.1. The smallest absolute Gasteiger partial charge is 0.354 e. The highest BCUT2D eigenvalue weighted by molar-refractivity contribution is 6.82. The molecule has 3 unspecified atom stereocenters. The van der Waals surface area contributed by atoms with Crippen LogP contribution in [0, 0.1) is 0 Å². The molecule has 0 fully saturated rings. The molecule has 0 bridgehead atoms. The minimum atomic E-state index is -3.49. The van der Waals surface area contributed by atoms with Gasteiger partial charge in [0.1, 0.15) is 17.3 Å². The summed E-state index contributed by atoms with van der Waals surface area (Å²) < 4.78 is 10.1. The normalized spacial score (nSPS) is 13.5. The highest BCUT2D eigenvalue weighted by Gasteiger charge is 2.57. The van der Waals surface area contributed by atoms with E-state index in [2.05, 4.69) is 0 Å². The molecule has 10 heteroatoms. The zero-order chi connectivity index (χ0) is 22.0. The Bertz CT molecular complexity index is 543. The number of hydrogen-bond acceptors (Lipinski definition) is 9. The molecule has 0 saturated heterocycles. The zero-order valence-corrected chi connectivity index (χ0v) is 18.3. The molecule has 28 heavy (non-hydrogen) atoms. The van der Waals surface area contributed by atoms with Crippen LogP contribution in [0.4, 0.5) is 0 Å². The molecule has 9 nitrogen and oxygen atoms in total. The summed E-state index contributed by atoms with van der Waals surface area (Å²) in [6.07, 6.45) is 0. The van der Waals surface area contributed by atoms with Crippen molar-refractivity contribution in [2.45, 2.75) is 55.9 Å². The topological polar surface area (TPSA) is 130 Å². The van der Waals surface area contributed by atoms with E-state index in [0.717, 1.165) is 20.8 Å². The Morgan fingerprint density at radius 1 is 0.571 bits per heavy atom. The van der Waals surface area contributed by atoms with Crippen LogP contribution >= 0.6 is 0 Å². The summed E-state index contributed by atoms with van der Waals surface area (Å²) in [5.74, 6) is -5.00. The maximum Gasteiger partial charge on any atom is 0.354 e. The zero-order valence-electron chi connectivity index (χ0n) is 17.1. The lowest BCUT2D eigenvalue weighted by Gasteiger charge is -2.28. The molecule has 0 aliphatic heterocycles. The van der Waals surface area contributed by atoms with Gasteiger partial charge in [0.05, 0.1) is 34.2 Å². The summed E-state index contributed by atoms with van der Waals surface area (Å²) in [4.78, 5) is 74.5. The second-order valence-corrected chi connectivity index (χ2v) is 9.25. The minimum Gasteiger partial charge on any atom is -0.466 e. The first-order chi connectivity index (χ1) is 13.0. The van der Waals surface area contributed by atoms with Crippen LogP contribution in [0.25, 0.3) is 0 Å². The van der Waals surface area contributed by atoms with Crippen LogP contribution in [0.1, 0.15) is 41.5 Å². The van der Waals surface area contributed by atoms with Gasteiger partial charge >= 0.3 is 32.1 Å². The summed E-state index contributed by atoms with van der Waals surface area (Å²) in [5, 5.41) is 0. The molecule has 0 N–H and O–H groups in total. The molecule has 0 heterocycles. The molecule has 3 atom stereocenters. The van der Waals surface area contributed by atoms with Crippen molar-refractivity contribution < 1.29 is 43.0 Å². The van der Waals surface area contributed by atoms with Gasteiger partial charge in [-0.25, -0.2) is 0 Å². The fourth-order valence-electron chi connectivity index (χ4n) is 3.06. The summed E-state index contributed by atoms with van der Waals surface area (Å²) in [6.45, 7) is 7.66. The van der Waals surface area contributed by atoms with Crippen molar-refractivity contribution in [2.75, 3.05) is 19.8 Å². The van der Waals surface area contributed by atoms with Crippen molar-refractivity contribution in [1.29, 1.82) is 0 Å². The summed E-state index contributed by atoms with van der Waals surface area (Å²) in [6, 6.07) is 0. The molecule has 0 aromatic heterocycles. The third kappa shape index (κ3) is 6.84. The van der Waals surface area contributed by atoms with E-state index in [1.54, 1.807) is 0 Å². The number of carbonyl (C=O) groups is 6. The van der Waals surface area contributed by atoms with Crippen LogP contribution in [0.2, 0.25) is 14.3 Å². The van der Waals surface area contributed by atoms with Crippen molar-refractivity contribution in [3.63, 3.8) is 0 Å². The molecule has 0 aromatic rings. The maximum atomic E-state index is 12.5. The van der Waals surface area contributed by atoms with Crippen LogP contribution < -0.4 is 0 Å². The van der Waals surface area contributed by atoms with E-state index >= 15 is 0 Å². The molecule has 0 spiro atoms. The summed E-state index contributed by atoms with van der Waals surface area (Å²) >= 11 is -3.49. The second kappa shape index (κ2) is 12.4. The average molecular weight is 414 g/mol. The average Bonchev–Trinajstić information content (AvgIpc) is 2.54. The van der Waals surface area contributed by atoms with Crippen LogP contribution in [0.5, 0.6) is 0 Å². The SMILES string of the molecule is CCOC(=O)[CH](C(C)=O)[Al]([CH](C(C)=O)C(=O)OCC)[CH](C(C)=O)C(=O)OCC. The van der Waals surface area contributed by atoms with Crippen molar-refractivity contribution in [3.8, 4) is 0 Å². The van der Waals surface area contributed by atoms with Crippen molar-refractivity contribution in [1.82, 2.24) is 0 Å². The van der Waals surface area contributed by atoms with Crippen molar-refractivity contribution >= 4 is 49.4 Å². The quantitative estimate of drug-likeness (QED) is 0.199. The predicted molar refractivity (Wildman–Crippen MR) is 98.9 cm³/mol. The molecule has 156 valence electrons. The van der Waals surface area contributed by atoms with Gasteiger partial charge in [-0.15, -0.1) is 0 Å². The Balaban J connectivity index is 6.67. The van der Waals surface area contributed by atoms with Gasteiger partial charge in [0.25, 0.3) is 0 Å². The van der Waals surface area contributed by atoms with Gasteiger partial charge in [0.2, 0.25) is 0 Å². The lowest BCUT2D eigenvalue weighted by atomic mass is 10.3. The van der Waals surface area contributed by atoms with Gasteiger partial charge in [-0.3, -0.25) is 14.4 Å². The standard InChI is InChI=1S/3C6H9O3.Al/c3*1-3-9-6(8)4-5(2)7;/h3*4H,3H2,1-2H3;. The Labute approximate surface area is 168 Å². The largest absolute Gasteiger partial charge is 0.466 e. The van der Waals surface area contributed by atoms with Crippen LogP contribution in [0.3, 0.4) is 0 Å². The summed E-state index contributed by atoms with van der Waals surface area (Å²) in [7, 11) is 0. The van der Waals surface area contributed by atoms with Crippen molar-refractivity contribution in [3.05, 3.63) is 0 Å². The van der Waals surface area contributed by atoms with Crippen LogP contribution in [-0.2, 0) is 43.0 Å². The Kier molecular flexibility index (Phi) is 11.5. The molecular formula is C18H27AlO9. The van der Waals surface area contributed by atoms with Crippen molar-refractivity contribution in [2.24, 2.45) is 0 Å². The van der Waals surface area contributed by atoms with Crippen LogP contribution in [-0.4, -0.2) is 69.2 Å². The van der Waals surface area contributed by atoms with Gasteiger partial charge in [-0.05, 0) is 41.5 Å². The Hall–Kier alpha value is -2.05. The highest BCUT2D eigenvalue weighted by Crippen LogP contribution is 2.36. The van der Waals surface area contributed by atoms with E-state index in [1.807, 2.05) is 0 Å². The summed E-state index contributed by atoms with van der Waals surface area (Å²) in [5.41, 5.74) is 0. The Morgan fingerprint density at radius 2 is 0.786 bits per heavy atom. The fourth-order valence-corrected chi connectivity index (χ4v) is 7.07. The third-order valence-corrected chi connectivity index (χ3v) is 8.62. The lowest BCUT2D eigenvalue weighted by molar-refractivity contribution is -0.145. The number of esters is 3. The fraction of sp³-hybridized carbons (Fsp3) is 0.667. The number of ether oxygens (including phenoxy) is 3. The third-order valence-electron chi connectivity index (χ3n) is 4.09. The monoisotopic (exact) mass is 414 g/mol. The van der Waals surface area contributed by atoms with E-state index in [4.69, 9.17) is 14.2 Å². The van der Waals surface area contributed by atoms with Gasteiger partial charge in [0.15, 0.2) is 0 Å². The Morgan fingerprint density at radius 3 is 0.929 bits per heavy atom. The molecular weight excluding hydrogens is 387 g/mol. The molecule has 0 saturated carbocycles. The number of rotatable bonds is 12. The number of Topliss-reactive ketones (excluding diaryl/α,β-unsaturated/α-hetero) is 3. The van der Waals surface area contributed by atoms with E-state index in [0.29, 0.717) is 0 Å².